The van der Waals surface area contributed by atoms with Gasteiger partial charge in [-0.1, -0.05) is 29.8 Å². The van der Waals surface area contributed by atoms with Crippen LogP contribution in [0.2, 0.25) is 0 Å². The number of amides is 3. The second-order valence-electron chi connectivity index (χ2n) is 6.40. The summed E-state index contributed by atoms with van der Waals surface area (Å²) in [5.41, 5.74) is 2.74. The summed E-state index contributed by atoms with van der Waals surface area (Å²) < 4.78 is 5.48. The molecule has 134 valence electrons. The number of anilines is 1. The van der Waals surface area contributed by atoms with Crippen molar-refractivity contribution < 1.29 is 14.3 Å². The maximum atomic E-state index is 13.0. The van der Waals surface area contributed by atoms with Crippen molar-refractivity contribution in [2.45, 2.75) is 25.3 Å². The molecule has 4 rings (SSSR count). The Morgan fingerprint density at radius 1 is 1.08 bits per heavy atom. The molecule has 0 saturated carbocycles. The molecular weight excluding hydrogens is 348 g/mol. The number of urea groups is 1. The Morgan fingerprint density at radius 3 is 2.42 bits per heavy atom. The third-order valence-corrected chi connectivity index (χ3v) is 6.01. The van der Waals surface area contributed by atoms with E-state index in [1.165, 1.54) is 4.90 Å². The molecule has 2 aromatic rings. The van der Waals surface area contributed by atoms with Crippen LogP contribution in [0.5, 0.6) is 5.75 Å². The lowest BCUT2D eigenvalue weighted by Crippen LogP contribution is -2.33. The minimum atomic E-state index is -0.398. The Labute approximate surface area is 156 Å². The normalized spacial score (nSPS) is 22.1. The van der Waals surface area contributed by atoms with Crippen molar-refractivity contribution in [2.24, 2.45) is 0 Å². The van der Waals surface area contributed by atoms with Gasteiger partial charge in [0, 0.05) is 5.75 Å². The molecule has 2 aliphatic heterocycles. The van der Waals surface area contributed by atoms with Crippen molar-refractivity contribution in [3.05, 3.63) is 59.7 Å². The summed E-state index contributed by atoms with van der Waals surface area (Å²) in [6, 6.07) is 14.6. The average Bonchev–Trinajstić information content (AvgIpc) is 3.18. The highest BCUT2D eigenvalue weighted by Crippen LogP contribution is 2.46. The molecule has 0 aliphatic carbocycles. The molecule has 3 amide bonds. The van der Waals surface area contributed by atoms with Gasteiger partial charge >= 0.3 is 6.03 Å². The Hall–Kier alpha value is -2.47. The highest BCUT2D eigenvalue weighted by Gasteiger charge is 2.53. The van der Waals surface area contributed by atoms with Crippen molar-refractivity contribution in [3.63, 3.8) is 0 Å². The molecule has 0 unspecified atom stereocenters. The molecule has 0 radical (unpaired) electrons. The van der Waals surface area contributed by atoms with E-state index in [-0.39, 0.29) is 17.3 Å². The van der Waals surface area contributed by atoms with Gasteiger partial charge in [0.05, 0.1) is 12.3 Å². The van der Waals surface area contributed by atoms with E-state index in [0.717, 1.165) is 16.9 Å². The number of rotatable bonds is 4. The van der Waals surface area contributed by atoms with Crippen LogP contribution in [0, 0.1) is 6.92 Å². The summed E-state index contributed by atoms with van der Waals surface area (Å²) in [6.07, 6.45) is 0. The number of hydrogen-bond acceptors (Lipinski definition) is 4. The lowest BCUT2D eigenvalue weighted by molar-refractivity contribution is -0.119. The largest absolute Gasteiger partial charge is 0.494 e. The highest BCUT2D eigenvalue weighted by molar-refractivity contribution is 7.99. The van der Waals surface area contributed by atoms with Gasteiger partial charge < -0.3 is 4.74 Å². The summed E-state index contributed by atoms with van der Waals surface area (Å²) >= 11 is 1.63. The van der Waals surface area contributed by atoms with Crippen LogP contribution in [0.1, 0.15) is 23.4 Å². The van der Waals surface area contributed by atoms with E-state index >= 15 is 0 Å². The zero-order valence-corrected chi connectivity index (χ0v) is 15.5. The fraction of sp³-hybridized carbons (Fsp3) is 0.300. The van der Waals surface area contributed by atoms with Gasteiger partial charge in [-0.05, 0) is 43.7 Å². The zero-order valence-electron chi connectivity index (χ0n) is 14.7. The number of aryl methyl sites for hydroxylation is 1. The molecule has 2 fully saturated rings. The monoisotopic (exact) mass is 368 g/mol. The first-order valence-corrected chi connectivity index (χ1v) is 9.72. The number of ether oxygens (including phenoxy) is 1. The van der Waals surface area contributed by atoms with Crippen molar-refractivity contribution in [2.75, 3.05) is 17.3 Å². The van der Waals surface area contributed by atoms with Crippen LogP contribution in [0.25, 0.3) is 0 Å². The summed E-state index contributed by atoms with van der Waals surface area (Å²) in [7, 11) is 0. The molecule has 6 heteroatoms. The summed E-state index contributed by atoms with van der Waals surface area (Å²) in [5.74, 6) is 1.28. The fourth-order valence-corrected chi connectivity index (χ4v) is 4.79. The first-order chi connectivity index (χ1) is 12.6. The molecule has 2 aromatic carbocycles. The summed E-state index contributed by atoms with van der Waals surface area (Å²) in [5, 5.41) is -0.150. The van der Waals surface area contributed by atoms with Crippen LogP contribution in [0.3, 0.4) is 0 Å². The van der Waals surface area contributed by atoms with Crippen LogP contribution in [0.15, 0.2) is 48.5 Å². The van der Waals surface area contributed by atoms with Crippen molar-refractivity contribution in [1.29, 1.82) is 0 Å². The van der Waals surface area contributed by atoms with Crippen molar-refractivity contribution in [3.8, 4) is 5.75 Å². The number of nitrogens with zero attached hydrogens (tertiary/aromatic N) is 2. The third-order valence-electron chi connectivity index (χ3n) is 4.69. The van der Waals surface area contributed by atoms with E-state index in [1.807, 2.05) is 62.4 Å². The molecule has 0 N–H and O–H groups in total. The van der Waals surface area contributed by atoms with Gasteiger partial charge in [-0.25, -0.2) is 9.69 Å². The second-order valence-corrected chi connectivity index (χ2v) is 7.52. The summed E-state index contributed by atoms with van der Waals surface area (Å²) in [6.45, 7) is 4.54. The van der Waals surface area contributed by atoms with Crippen LogP contribution in [0.4, 0.5) is 10.5 Å². The molecule has 2 saturated heterocycles. The second kappa shape index (κ2) is 6.68. The number of carbonyl (C=O) groups is 2. The molecule has 2 aliphatic rings. The minimum Gasteiger partial charge on any atom is -0.494 e. The Kier molecular flexibility index (Phi) is 4.36. The van der Waals surface area contributed by atoms with Gasteiger partial charge in [-0.3, -0.25) is 9.69 Å². The minimum absolute atomic E-state index is 0.139. The number of fused-ring (bicyclic) bond motifs is 1. The molecule has 0 aromatic heterocycles. The molecule has 5 nitrogen and oxygen atoms in total. The summed E-state index contributed by atoms with van der Waals surface area (Å²) in [4.78, 5) is 28.9. The maximum absolute atomic E-state index is 13.0. The molecular formula is C20H20N2O3S. The Morgan fingerprint density at radius 2 is 1.77 bits per heavy atom. The van der Waals surface area contributed by atoms with Gasteiger partial charge in [-0.2, -0.15) is 0 Å². The van der Waals surface area contributed by atoms with Gasteiger partial charge in [0.25, 0.3) is 5.91 Å². The van der Waals surface area contributed by atoms with E-state index in [1.54, 1.807) is 16.7 Å². The fourth-order valence-electron chi connectivity index (χ4n) is 3.37. The zero-order chi connectivity index (χ0) is 18.3. The molecule has 0 bridgehead atoms. The topological polar surface area (TPSA) is 49.9 Å². The quantitative estimate of drug-likeness (QED) is 0.766. The lowest BCUT2D eigenvalue weighted by atomic mass is 10.2. The third kappa shape index (κ3) is 2.74. The smallest absolute Gasteiger partial charge is 0.333 e. The standard InChI is InChI=1S/C20H20N2O3S/c1-3-25-16-10-6-14(7-11-16)19-22-17(12-26-19)18(23)21(20(22)24)15-8-4-13(2)5-9-15/h4-11,17,19H,3,12H2,1-2H3/t17-,19+/m0/s1. The maximum Gasteiger partial charge on any atom is 0.333 e. The van der Waals surface area contributed by atoms with E-state index in [4.69, 9.17) is 4.74 Å². The van der Waals surface area contributed by atoms with Crippen LogP contribution in [-0.2, 0) is 4.79 Å². The Balaban J connectivity index is 1.61. The number of thioether (sulfide) groups is 1. The first-order valence-electron chi connectivity index (χ1n) is 8.67. The molecule has 0 spiro atoms. The van der Waals surface area contributed by atoms with Gasteiger partial charge in [0.15, 0.2) is 0 Å². The van der Waals surface area contributed by atoms with Crippen LogP contribution >= 0.6 is 11.8 Å². The average molecular weight is 368 g/mol. The van der Waals surface area contributed by atoms with Crippen molar-refractivity contribution >= 4 is 29.4 Å². The number of hydrogen-bond donors (Lipinski definition) is 0. The van der Waals surface area contributed by atoms with Crippen molar-refractivity contribution in [1.82, 2.24) is 4.90 Å². The number of benzene rings is 2. The first kappa shape index (κ1) is 17.0. The van der Waals surface area contributed by atoms with Gasteiger partial charge in [0.1, 0.15) is 17.2 Å². The van der Waals surface area contributed by atoms with E-state index in [0.29, 0.717) is 18.0 Å². The van der Waals surface area contributed by atoms with Gasteiger partial charge in [0.2, 0.25) is 0 Å². The molecule has 2 atom stereocenters. The molecule has 26 heavy (non-hydrogen) atoms. The van der Waals surface area contributed by atoms with E-state index in [9.17, 15) is 9.59 Å². The highest BCUT2D eigenvalue weighted by atomic mass is 32.2. The Bertz CT molecular complexity index is 835. The SMILES string of the molecule is CCOc1ccc([C@H]2SC[C@H]3C(=O)N(c4ccc(C)cc4)C(=O)N23)cc1. The molecule has 2 heterocycles. The van der Waals surface area contributed by atoms with E-state index < -0.39 is 6.04 Å². The predicted molar refractivity (Wildman–Crippen MR) is 102 cm³/mol. The number of imide groups is 1. The van der Waals surface area contributed by atoms with Crippen LogP contribution in [-0.4, -0.2) is 35.2 Å². The lowest BCUT2D eigenvalue weighted by Gasteiger charge is -2.23. The van der Waals surface area contributed by atoms with E-state index in [2.05, 4.69) is 0 Å². The predicted octanol–water partition coefficient (Wildman–Crippen LogP) is 3.98. The van der Waals surface area contributed by atoms with Crippen LogP contribution < -0.4 is 9.64 Å². The van der Waals surface area contributed by atoms with Gasteiger partial charge in [-0.15, -0.1) is 11.8 Å². The number of carbonyl (C=O) groups excluding carboxylic acids is 2.